The monoisotopic (exact) mass is 289 g/mol. The Kier molecular flexibility index (Phi) is 5.74. The SMILES string of the molecule is CCNC/C(=C/c1ccc(F)cc1C(F)(F)F)C(C)C. The number of hydrogen-bond donors (Lipinski definition) is 1. The van der Waals surface area contributed by atoms with E-state index in [1.54, 1.807) is 0 Å². The second-order valence-corrected chi connectivity index (χ2v) is 4.88. The third-order valence-electron chi connectivity index (χ3n) is 2.98. The second kappa shape index (κ2) is 6.88. The van der Waals surface area contributed by atoms with Gasteiger partial charge >= 0.3 is 6.18 Å². The van der Waals surface area contributed by atoms with Gasteiger partial charge < -0.3 is 5.32 Å². The van der Waals surface area contributed by atoms with Crippen LogP contribution in [-0.4, -0.2) is 13.1 Å². The second-order valence-electron chi connectivity index (χ2n) is 4.88. The Bertz CT molecular complexity index is 475. The fraction of sp³-hybridized carbons (Fsp3) is 0.467. The summed E-state index contributed by atoms with van der Waals surface area (Å²) >= 11 is 0. The summed E-state index contributed by atoms with van der Waals surface area (Å²) in [5.41, 5.74) is -0.0865. The minimum atomic E-state index is -4.56. The fourth-order valence-corrected chi connectivity index (χ4v) is 1.79. The lowest BCUT2D eigenvalue weighted by Gasteiger charge is -2.15. The lowest BCUT2D eigenvalue weighted by atomic mass is 9.97. The van der Waals surface area contributed by atoms with Crippen molar-refractivity contribution in [1.82, 2.24) is 5.32 Å². The summed E-state index contributed by atoms with van der Waals surface area (Å²) < 4.78 is 51.8. The smallest absolute Gasteiger partial charge is 0.313 e. The van der Waals surface area contributed by atoms with Crippen LogP contribution in [0.15, 0.2) is 23.8 Å². The molecule has 5 heteroatoms. The molecule has 1 aromatic carbocycles. The van der Waals surface area contributed by atoms with Gasteiger partial charge in [-0.15, -0.1) is 0 Å². The van der Waals surface area contributed by atoms with Crippen LogP contribution < -0.4 is 5.32 Å². The quantitative estimate of drug-likeness (QED) is 0.787. The van der Waals surface area contributed by atoms with E-state index < -0.39 is 17.6 Å². The van der Waals surface area contributed by atoms with Crippen LogP contribution in [0.25, 0.3) is 6.08 Å². The molecule has 1 nitrogen and oxygen atoms in total. The largest absolute Gasteiger partial charge is 0.417 e. The Morgan fingerprint density at radius 2 is 1.95 bits per heavy atom. The van der Waals surface area contributed by atoms with Crippen LogP contribution in [0, 0.1) is 11.7 Å². The minimum absolute atomic E-state index is 0.000466. The van der Waals surface area contributed by atoms with Crippen molar-refractivity contribution >= 4 is 6.08 Å². The molecular formula is C15H19F4N. The Hall–Kier alpha value is -1.36. The Balaban J connectivity index is 3.23. The molecule has 0 aliphatic rings. The highest BCUT2D eigenvalue weighted by Crippen LogP contribution is 2.34. The molecule has 0 spiro atoms. The lowest BCUT2D eigenvalue weighted by molar-refractivity contribution is -0.137. The van der Waals surface area contributed by atoms with Gasteiger partial charge in [0.1, 0.15) is 5.82 Å². The molecule has 0 aliphatic heterocycles. The number of benzene rings is 1. The van der Waals surface area contributed by atoms with Crippen molar-refractivity contribution in [2.75, 3.05) is 13.1 Å². The van der Waals surface area contributed by atoms with Gasteiger partial charge in [-0.25, -0.2) is 4.39 Å². The topological polar surface area (TPSA) is 12.0 Å². The van der Waals surface area contributed by atoms with E-state index in [9.17, 15) is 17.6 Å². The molecule has 0 bridgehead atoms. The lowest BCUT2D eigenvalue weighted by Crippen LogP contribution is -2.19. The third-order valence-corrected chi connectivity index (χ3v) is 2.98. The molecular weight excluding hydrogens is 270 g/mol. The van der Waals surface area contributed by atoms with Gasteiger partial charge in [-0.3, -0.25) is 0 Å². The summed E-state index contributed by atoms with van der Waals surface area (Å²) in [5, 5.41) is 3.10. The zero-order valence-electron chi connectivity index (χ0n) is 11.8. The maximum Gasteiger partial charge on any atom is 0.417 e. The number of hydrogen-bond acceptors (Lipinski definition) is 1. The van der Waals surface area contributed by atoms with Crippen LogP contribution in [-0.2, 0) is 6.18 Å². The van der Waals surface area contributed by atoms with Gasteiger partial charge in [0.25, 0.3) is 0 Å². The maximum atomic E-state index is 13.0. The first-order valence-corrected chi connectivity index (χ1v) is 6.53. The van der Waals surface area contributed by atoms with Gasteiger partial charge in [0, 0.05) is 6.54 Å². The van der Waals surface area contributed by atoms with Crippen LogP contribution in [0.1, 0.15) is 31.9 Å². The molecule has 0 saturated carbocycles. The fourth-order valence-electron chi connectivity index (χ4n) is 1.79. The molecule has 0 aliphatic carbocycles. The van der Waals surface area contributed by atoms with E-state index in [1.807, 2.05) is 20.8 Å². The van der Waals surface area contributed by atoms with E-state index in [0.29, 0.717) is 12.6 Å². The van der Waals surface area contributed by atoms with Gasteiger partial charge in [-0.1, -0.05) is 38.5 Å². The molecule has 1 N–H and O–H groups in total. The standard InChI is InChI=1S/C15H19F4N/c1-4-20-9-12(10(2)3)7-11-5-6-13(16)8-14(11)15(17,18)19/h5-8,10,20H,4,9H2,1-3H3/b12-7-. The molecule has 0 unspecified atom stereocenters. The van der Waals surface area contributed by atoms with Crippen molar-refractivity contribution in [3.8, 4) is 0 Å². The highest BCUT2D eigenvalue weighted by atomic mass is 19.4. The number of rotatable bonds is 5. The first-order valence-electron chi connectivity index (χ1n) is 6.53. The Labute approximate surface area is 116 Å². The van der Waals surface area contributed by atoms with Crippen LogP contribution >= 0.6 is 0 Å². The molecule has 20 heavy (non-hydrogen) atoms. The van der Waals surface area contributed by atoms with Crippen LogP contribution in [0.2, 0.25) is 0 Å². The normalized spacial score (nSPS) is 13.1. The molecule has 0 atom stereocenters. The summed E-state index contributed by atoms with van der Waals surface area (Å²) in [6.07, 6.45) is -3.07. The van der Waals surface area contributed by atoms with E-state index in [2.05, 4.69) is 5.32 Å². The first-order chi connectivity index (χ1) is 9.25. The van der Waals surface area contributed by atoms with Crippen molar-refractivity contribution in [3.05, 3.63) is 40.7 Å². The van der Waals surface area contributed by atoms with Gasteiger partial charge in [0.05, 0.1) is 5.56 Å². The zero-order chi connectivity index (χ0) is 15.3. The predicted octanol–water partition coefficient (Wildman–Crippen LogP) is 4.49. The molecule has 0 fully saturated rings. The van der Waals surface area contributed by atoms with Crippen LogP contribution in [0.4, 0.5) is 17.6 Å². The molecule has 0 radical (unpaired) electrons. The number of halogens is 4. The average Bonchev–Trinajstić information content (AvgIpc) is 2.34. The van der Waals surface area contributed by atoms with Gasteiger partial charge in [0.15, 0.2) is 0 Å². The summed E-state index contributed by atoms with van der Waals surface area (Å²) in [7, 11) is 0. The van der Waals surface area contributed by atoms with Gasteiger partial charge in [-0.2, -0.15) is 13.2 Å². The van der Waals surface area contributed by atoms with E-state index >= 15 is 0 Å². The summed E-state index contributed by atoms with van der Waals surface area (Å²) in [6, 6.07) is 2.76. The molecule has 112 valence electrons. The number of alkyl halides is 3. The molecule has 1 aromatic rings. The highest BCUT2D eigenvalue weighted by molar-refractivity contribution is 5.58. The Morgan fingerprint density at radius 3 is 2.45 bits per heavy atom. The maximum absolute atomic E-state index is 13.0. The van der Waals surface area contributed by atoms with E-state index in [0.717, 1.165) is 18.2 Å². The molecule has 0 aromatic heterocycles. The summed E-state index contributed by atoms with van der Waals surface area (Å²) in [5.74, 6) is -0.771. The number of nitrogens with one attached hydrogen (secondary N) is 1. The molecule has 0 amide bonds. The van der Waals surface area contributed by atoms with E-state index in [4.69, 9.17) is 0 Å². The van der Waals surface area contributed by atoms with E-state index in [-0.39, 0.29) is 11.5 Å². The van der Waals surface area contributed by atoms with Crippen molar-refractivity contribution in [2.24, 2.45) is 5.92 Å². The first kappa shape index (κ1) is 16.7. The number of likely N-dealkylation sites (N-methyl/N-ethyl adjacent to an activating group) is 1. The predicted molar refractivity (Wildman–Crippen MR) is 72.8 cm³/mol. The van der Waals surface area contributed by atoms with Crippen molar-refractivity contribution in [3.63, 3.8) is 0 Å². The zero-order valence-corrected chi connectivity index (χ0v) is 11.8. The van der Waals surface area contributed by atoms with Gasteiger partial charge in [-0.05, 0) is 30.2 Å². The van der Waals surface area contributed by atoms with E-state index in [1.165, 1.54) is 12.1 Å². The summed E-state index contributed by atoms with van der Waals surface area (Å²) in [6.45, 7) is 7.01. The van der Waals surface area contributed by atoms with Crippen LogP contribution in [0.3, 0.4) is 0 Å². The van der Waals surface area contributed by atoms with Crippen LogP contribution in [0.5, 0.6) is 0 Å². The average molecular weight is 289 g/mol. The van der Waals surface area contributed by atoms with Crippen molar-refractivity contribution in [1.29, 1.82) is 0 Å². The molecule has 0 heterocycles. The highest BCUT2D eigenvalue weighted by Gasteiger charge is 2.33. The molecule has 1 rings (SSSR count). The van der Waals surface area contributed by atoms with Gasteiger partial charge in [0.2, 0.25) is 0 Å². The van der Waals surface area contributed by atoms with Crippen molar-refractivity contribution in [2.45, 2.75) is 26.9 Å². The molecule has 0 saturated heterocycles. The van der Waals surface area contributed by atoms with Crippen molar-refractivity contribution < 1.29 is 17.6 Å². The summed E-state index contributed by atoms with van der Waals surface area (Å²) in [4.78, 5) is 0. The Morgan fingerprint density at radius 1 is 1.30 bits per heavy atom. The minimum Gasteiger partial charge on any atom is -0.313 e. The third kappa shape index (κ3) is 4.63.